The molecule has 7 heteroatoms. The van der Waals surface area contributed by atoms with E-state index in [0.29, 0.717) is 12.3 Å². The third kappa shape index (κ3) is 5.39. The van der Waals surface area contributed by atoms with Crippen molar-refractivity contribution in [2.24, 2.45) is 0 Å². The van der Waals surface area contributed by atoms with Gasteiger partial charge in [0.15, 0.2) is 0 Å². The van der Waals surface area contributed by atoms with Crippen LogP contribution < -0.4 is 0 Å². The molecular weight excluding hydrogens is 332 g/mol. The molecule has 0 saturated carbocycles. The van der Waals surface area contributed by atoms with Crippen LogP contribution in [-0.4, -0.2) is 32.2 Å². The quantitative estimate of drug-likeness (QED) is 0.606. The Hall–Kier alpha value is 2.03. The van der Waals surface area contributed by atoms with Gasteiger partial charge in [-0.15, -0.1) is 81.2 Å². The van der Waals surface area contributed by atoms with E-state index in [1.54, 1.807) is 0 Å². The maximum Gasteiger partial charge on any atom is 0.125 e. The molecule has 0 spiro atoms. The second-order valence-electron chi connectivity index (χ2n) is 2.66. The summed E-state index contributed by atoms with van der Waals surface area (Å²) in [5.41, 5.74) is 0. The van der Waals surface area contributed by atoms with Gasteiger partial charge in [0, 0.05) is 5.88 Å². The number of hydrogen-bond acceptors (Lipinski definition) is 0. The fourth-order valence-electron chi connectivity index (χ4n) is 0.778. The smallest absolute Gasteiger partial charge is 0.125 e. The fraction of sp³-hybridized carbons (Fsp3) is 1.00. The van der Waals surface area contributed by atoms with Crippen LogP contribution in [0.4, 0.5) is 0 Å². The van der Waals surface area contributed by atoms with Crippen molar-refractivity contribution in [3.8, 4) is 0 Å². The summed E-state index contributed by atoms with van der Waals surface area (Å²) in [6.45, 7) is 0. The van der Waals surface area contributed by atoms with E-state index in [-0.39, 0.29) is 5.38 Å². The maximum atomic E-state index is 5.98. The van der Waals surface area contributed by atoms with Crippen LogP contribution in [0.3, 0.4) is 0 Å². The van der Waals surface area contributed by atoms with Crippen molar-refractivity contribution in [3.63, 3.8) is 0 Å². The number of halogens is 7. The highest BCUT2D eigenvalue weighted by Crippen LogP contribution is 2.30. The summed E-state index contributed by atoms with van der Waals surface area (Å²) in [6.07, 6.45) is 0.555. The van der Waals surface area contributed by atoms with Crippen LogP contribution in [0.15, 0.2) is 0 Å². The normalized spacial score (nSPS) is 20.6. The lowest BCUT2D eigenvalue weighted by Crippen LogP contribution is -2.35. The van der Waals surface area contributed by atoms with Crippen molar-refractivity contribution in [1.82, 2.24) is 0 Å². The number of alkyl halides is 7. The zero-order chi connectivity index (χ0) is 11.3. The lowest BCUT2D eigenvalue weighted by atomic mass is 10.1. The standard InChI is InChI=1S/C7H9Cl7/c8-2-1-3(9)4(10)5(11)6(12)7(13)14/h3-7H,1-2H2. The lowest BCUT2D eigenvalue weighted by Gasteiger charge is -2.24. The van der Waals surface area contributed by atoms with E-state index in [1.807, 2.05) is 0 Å². The van der Waals surface area contributed by atoms with Gasteiger partial charge in [-0.3, -0.25) is 0 Å². The molecule has 4 unspecified atom stereocenters. The summed E-state index contributed by atoms with van der Waals surface area (Å²) < 4.78 is 0. The van der Waals surface area contributed by atoms with Crippen LogP contribution in [0.1, 0.15) is 6.42 Å². The van der Waals surface area contributed by atoms with Crippen LogP contribution in [0.5, 0.6) is 0 Å². The first kappa shape index (κ1) is 16.0. The number of rotatable bonds is 6. The summed E-state index contributed by atoms with van der Waals surface area (Å²) in [4.78, 5) is -0.778. The molecule has 0 N–H and O–H groups in total. The predicted molar refractivity (Wildman–Crippen MR) is 69.4 cm³/mol. The Morgan fingerprint density at radius 2 is 1.21 bits per heavy atom. The van der Waals surface area contributed by atoms with Gasteiger partial charge < -0.3 is 0 Å². The van der Waals surface area contributed by atoms with Gasteiger partial charge in [-0.05, 0) is 6.42 Å². The van der Waals surface area contributed by atoms with Gasteiger partial charge in [0.05, 0.1) is 21.5 Å². The third-order valence-corrected chi connectivity index (χ3v) is 5.12. The zero-order valence-electron chi connectivity index (χ0n) is 6.95. The molecular formula is C7H9Cl7. The second-order valence-corrected chi connectivity index (χ2v) is 6.28. The first-order valence-electron chi connectivity index (χ1n) is 3.82. The first-order chi connectivity index (χ1) is 6.41. The molecule has 0 aromatic carbocycles. The monoisotopic (exact) mass is 338 g/mol. The highest BCUT2D eigenvalue weighted by molar-refractivity contribution is 6.50. The minimum atomic E-state index is -0.778. The van der Waals surface area contributed by atoms with Crippen molar-refractivity contribution < 1.29 is 0 Å². The van der Waals surface area contributed by atoms with Gasteiger partial charge in [0.25, 0.3) is 0 Å². The first-order valence-corrected chi connectivity index (χ1v) is 6.97. The highest BCUT2D eigenvalue weighted by Gasteiger charge is 2.33. The molecule has 0 nitrogen and oxygen atoms in total. The SMILES string of the molecule is ClCCC(Cl)C(Cl)C(Cl)C(Cl)C(Cl)Cl. The van der Waals surface area contributed by atoms with E-state index in [1.165, 1.54) is 0 Å². The zero-order valence-corrected chi connectivity index (χ0v) is 12.2. The molecule has 0 aromatic rings. The largest absolute Gasteiger partial charge is 0.127 e. The topological polar surface area (TPSA) is 0 Å². The Balaban J connectivity index is 4.15. The second kappa shape index (κ2) is 8.17. The summed E-state index contributed by atoms with van der Waals surface area (Å²) in [5.74, 6) is 0.416. The van der Waals surface area contributed by atoms with E-state index in [9.17, 15) is 0 Å². The molecule has 86 valence electrons. The van der Waals surface area contributed by atoms with Gasteiger partial charge in [-0.2, -0.15) is 0 Å². The number of hydrogen-bond donors (Lipinski definition) is 0. The van der Waals surface area contributed by atoms with Crippen molar-refractivity contribution in [3.05, 3.63) is 0 Å². The fourth-order valence-corrected chi connectivity index (χ4v) is 2.76. The summed E-state index contributed by atoms with van der Waals surface area (Å²) in [5, 5.41) is -2.09. The van der Waals surface area contributed by atoms with E-state index >= 15 is 0 Å². The Morgan fingerprint density at radius 1 is 0.714 bits per heavy atom. The predicted octanol–water partition coefficient (Wildman–Crippen LogP) is 4.85. The lowest BCUT2D eigenvalue weighted by molar-refractivity contribution is 0.679. The van der Waals surface area contributed by atoms with Gasteiger partial charge >= 0.3 is 0 Å². The molecule has 0 aliphatic carbocycles. The molecule has 4 atom stereocenters. The van der Waals surface area contributed by atoms with E-state index in [0.717, 1.165) is 0 Å². The molecule has 0 aliphatic heterocycles. The van der Waals surface area contributed by atoms with Crippen molar-refractivity contribution in [2.75, 3.05) is 5.88 Å². The molecule has 0 radical (unpaired) electrons. The molecule has 0 aromatic heterocycles. The third-order valence-electron chi connectivity index (χ3n) is 1.58. The van der Waals surface area contributed by atoms with Crippen molar-refractivity contribution in [2.45, 2.75) is 32.8 Å². The van der Waals surface area contributed by atoms with Crippen LogP contribution >= 0.6 is 81.2 Å². The van der Waals surface area contributed by atoms with Crippen molar-refractivity contribution >= 4 is 81.2 Å². The molecule has 0 saturated heterocycles. The molecule has 0 fully saturated rings. The van der Waals surface area contributed by atoms with Gasteiger partial charge in [0.2, 0.25) is 0 Å². The molecule has 14 heavy (non-hydrogen) atoms. The summed E-state index contributed by atoms with van der Waals surface area (Å²) >= 11 is 40.3. The highest BCUT2D eigenvalue weighted by atomic mass is 35.5. The maximum absolute atomic E-state index is 5.98. The van der Waals surface area contributed by atoms with Gasteiger partial charge in [-0.25, -0.2) is 0 Å². The van der Waals surface area contributed by atoms with E-state index < -0.39 is 21.0 Å². The molecule has 0 amide bonds. The minimum absolute atomic E-state index is 0.343. The van der Waals surface area contributed by atoms with E-state index in [4.69, 9.17) is 81.2 Å². The van der Waals surface area contributed by atoms with Gasteiger partial charge in [-0.1, -0.05) is 0 Å². The minimum Gasteiger partial charge on any atom is -0.127 e. The summed E-state index contributed by atoms with van der Waals surface area (Å²) in [6, 6.07) is 0. The average molecular weight is 341 g/mol. The van der Waals surface area contributed by atoms with Gasteiger partial charge in [0.1, 0.15) is 4.84 Å². The average Bonchev–Trinajstić information content (AvgIpc) is 2.14. The van der Waals surface area contributed by atoms with Crippen LogP contribution in [0.2, 0.25) is 0 Å². The van der Waals surface area contributed by atoms with Crippen LogP contribution in [-0.2, 0) is 0 Å². The Kier molecular flexibility index (Phi) is 9.35. The van der Waals surface area contributed by atoms with Crippen LogP contribution in [0.25, 0.3) is 0 Å². The summed E-state index contributed by atoms with van der Waals surface area (Å²) in [7, 11) is 0. The van der Waals surface area contributed by atoms with Crippen LogP contribution in [0, 0.1) is 0 Å². The molecule has 0 heterocycles. The van der Waals surface area contributed by atoms with Crippen molar-refractivity contribution in [1.29, 1.82) is 0 Å². The van der Waals surface area contributed by atoms with E-state index in [2.05, 4.69) is 0 Å². The molecule has 0 rings (SSSR count). The molecule has 0 bridgehead atoms. The Morgan fingerprint density at radius 3 is 1.57 bits per heavy atom. The Labute approximate surface area is 119 Å². The Bertz CT molecular complexity index is 151. The molecule has 0 aliphatic rings.